The Morgan fingerprint density at radius 1 is 1.23 bits per heavy atom. The van der Waals surface area contributed by atoms with E-state index in [1.165, 1.54) is 4.90 Å². The van der Waals surface area contributed by atoms with Gasteiger partial charge in [-0.05, 0) is 31.0 Å². The van der Waals surface area contributed by atoms with Gasteiger partial charge in [0.1, 0.15) is 6.04 Å². The van der Waals surface area contributed by atoms with E-state index < -0.39 is 12.0 Å². The molecule has 8 heteroatoms. The maximum Gasteiger partial charge on any atom is 0.326 e. The molecule has 0 spiro atoms. The first-order valence-corrected chi connectivity index (χ1v) is 8.89. The Kier molecular flexibility index (Phi) is 4.28. The first-order chi connectivity index (χ1) is 12.6. The van der Waals surface area contributed by atoms with Crippen molar-refractivity contribution in [1.29, 1.82) is 0 Å². The van der Waals surface area contributed by atoms with Crippen LogP contribution < -0.4 is 4.90 Å². The molecule has 26 heavy (non-hydrogen) atoms. The molecule has 2 fully saturated rings. The van der Waals surface area contributed by atoms with Crippen LogP contribution in [0, 0.1) is 0 Å². The molecule has 0 saturated carbocycles. The largest absolute Gasteiger partial charge is 0.480 e. The summed E-state index contributed by atoms with van der Waals surface area (Å²) in [7, 11) is 1.96. The standard InChI is InChI=1S/C18H22N4O4/c1-20-14-5-4-12(16(23)22-6-2-3-15(22)17(24)25)11-13(14)19-18(20)21-7-9-26-10-8-21/h4-5,11,15H,2-3,6-10H2,1H3,(H,24,25). The number of imidazole rings is 1. The smallest absolute Gasteiger partial charge is 0.326 e. The highest BCUT2D eigenvalue weighted by Gasteiger charge is 2.34. The molecular weight excluding hydrogens is 336 g/mol. The van der Waals surface area contributed by atoms with E-state index in [1.807, 2.05) is 17.7 Å². The van der Waals surface area contributed by atoms with Crippen molar-refractivity contribution in [2.75, 3.05) is 37.7 Å². The number of carbonyl (C=O) groups is 2. The number of carboxylic acids is 1. The van der Waals surface area contributed by atoms with Crippen molar-refractivity contribution < 1.29 is 19.4 Å². The summed E-state index contributed by atoms with van der Waals surface area (Å²) >= 11 is 0. The first kappa shape index (κ1) is 16.8. The highest BCUT2D eigenvalue weighted by Crippen LogP contribution is 2.25. The zero-order chi connectivity index (χ0) is 18.3. The topological polar surface area (TPSA) is 87.9 Å². The number of benzene rings is 1. The molecule has 8 nitrogen and oxygen atoms in total. The summed E-state index contributed by atoms with van der Waals surface area (Å²) in [5.41, 5.74) is 2.17. The van der Waals surface area contributed by atoms with E-state index >= 15 is 0 Å². The van der Waals surface area contributed by atoms with Crippen molar-refractivity contribution in [2.24, 2.45) is 7.05 Å². The molecule has 2 saturated heterocycles. The Hall–Kier alpha value is -2.61. The lowest BCUT2D eigenvalue weighted by molar-refractivity contribution is -0.141. The molecule has 0 bridgehead atoms. The fourth-order valence-electron chi connectivity index (χ4n) is 3.80. The van der Waals surface area contributed by atoms with Gasteiger partial charge in [0.05, 0.1) is 24.2 Å². The Bertz CT molecular complexity index is 856. The molecule has 1 N–H and O–H groups in total. The van der Waals surface area contributed by atoms with Crippen molar-refractivity contribution in [1.82, 2.24) is 14.5 Å². The lowest BCUT2D eigenvalue weighted by Gasteiger charge is -2.27. The third-order valence-electron chi connectivity index (χ3n) is 5.20. The van der Waals surface area contributed by atoms with Crippen LogP contribution in [-0.4, -0.2) is 70.3 Å². The Balaban J connectivity index is 1.65. The van der Waals surface area contributed by atoms with Crippen molar-refractivity contribution in [2.45, 2.75) is 18.9 Å². The van der Waals surface area contributed by atoms with Crippen LogP contribution in [0.3, 0.4) is 0 Å². The van der Waals surface area contributed by atoms with Gasteiger partial charge in [0.15, 0.2) is 0 Å². The fourth-order valence-corrected chi connectivity index (χ4v) is 3.80. The maximum atomic E-state index is 12.8. The van der Waals surface area contributed by atoms with Crippen LogP contribution in [-0.2, 0) is 16.6 Å². The first-order valence-electron chi connectivity index (χ1n) is 8.89. The highest BCUT2D eigenvalue weighted by molar-refractivity contribution is 5.99. The third kappa shape index (κ3) is 2.80. The Labute approximate surface area is 151 Å². The Morgan fingerprint density at radius 3 is 2.73 bits per heavy atom. The lowest BCUT2D eigenvalue weighted by atomic mass is 10.1. The quantitative estimate of drug-likeness (QED) is 0.884. The second-order valence-electron chi connectivity index (χ2n) is 6.77. The molecule has 138 valence electrons. The predicted molar refractivity (Wildman–Crippen MR) is 95.4 cm³/mol. The van der Waals surface area contributed by atoms with Gasteiger partial charge in [0, 0.05) is 32.2 Å². The molecule has 1 atom stereocenters. The summed E-state index contributed by atoms with van der Waals surface area (Å²) in [6.07, 6.45) is 1.23. The van der Waals surface area contributed by atoms with Crippen molar-refractivity contribution in [3.05, 3.63) is 23.8 Å². The molecule has 1 aromatic heterocycles. The molecule has 4 rings (SSSR count). The van der Waals surface area contributed by atoms with E-state index in [0.29, 0.717) is 31.7 Å². The van der Waals surface area contributed by atoms with Gasteiger partial charge in [-0.15, -0.1) is 0 Å². The third-order valence-corrected chi connectivity index (χ3v) is 5.20. The number of aliphatic carboxylic acids is 1. The minimum atomic E-state index is -0.940. The summed E-state index contributed by atoms with van der Waals surface area (Å²) in [4.78, 5) is 32.5. The van der Waals surface area contributed by atoms with E-state index in [0.717, 1.165) is 36.5 Å². The number of hydrogen-bond donors (Lipinski definition) is 1. The molecular formula is C18H22N4O4. The monoisotopic (exact) mass is 358 g/mol. The second kappa shape index (κ2) is 6.60. The van der Waals surface area contributed by atoms with Crippen LogP contribution in [0.4, 0.5) is 5.95 Å². The number of nitrogens with zero attached hydrogens (tertiary/aromatic N) is 4. The number of morpholine rings is 1. The second-order valence-corrected chi connectivity index (χ2v) is 6.77. The van der Waals surface area contributed by atoms with Gasteiger partial charge in [-0.25, -0.2) is 9.78 Å². The zero-order valence-electron chi connectivity index (χ0n) is 14.7. The number of amides is 1. The molecule has 0 aliphatic carbocycles. The van der Waals surface area contributed by atoms with Crippen LogP contribution in [0.2, 0.25) is 0 Å². The van der Waals surface area contributed by atoms with Crippen molar-refractivity contribution in [3.8, 4) is 0 Å². The number of carboxylic acid groups (broad SMARTS) is 1. The summed E-state index contributed by atoms with van der Waals surface area (Å²) < 4.78 is 7.41. The lowest BCUT2D eigenvalue weighted by Crippen LogP contribution is -2.40. The molecule has 2 aromatic rings. The predicted octanol–water partition coefficient (Wildman–Crippen LogP) is 1.10. The molecule has 3 heterocycles. The number of hydrogen-bond acceptors (Lipinski definition) is 5. The average molecular weight is 358 g/mol. The number of anilines is 1. The zero-order valence-corrected chi connectivity index (χ0v) is 14.7. The minimum absolute atomic E-state index is 0.240. The fraction of sp³-hybridized carbons (Fsp3) is 0.500. The van der Waals surface area contributed by atoms with Crippen LogP contribution in [0.1, 0.15) is 23.2 Å². The van der Waals surface area contributed by atoms with Crippen molar-refractivity contribution in [3.63, 3.8) is 0 Å². The highest BCUT2D eigenvalue weighted by atomic mass is 16.5. The van der Waals surface area contributed by atoms with Gasteiger partial charge in [0.2, 0.25) is 5.95 Å². The maximum absolute atomic E-state index is 12.8. The molecule has 2 aliphatic heterocycles. The van der Waals surface area contributed by atoms with Gasteiger partial charge >= 0.3 is 5.97 Å². The number of rotatable bonds is 3. The SMILES string of the molecule is Cn1c(N2CCOCC2)nc2cc(C(=O)N3CCCC3C(=O)O)ccc21. The molecule has 0 radical (unpaired) electrons. The number of carbonyl (C=O) groups excluding carboxylic acids is 1. The molecule has 1 aromatic carbocycles. The van der Waals surface area contributed by atoms with E-state index in [2.05, 4.69) is 4.90 Å². The summed E-state index contributed by atoms with van der Waals surface area (Å²) in [6, 6.07) is 4.67. The van der Waals surface area contributed by atoms with Gasteiger partial charge in [0.25, 0.3) is 5.91 Å². The van der Waals surface area contributed by atoms with Crippen LogP contribution in [0.15, 0.2) is 18.2 Å². The van der Waals surface area contributed by atoms with E-state index in [4.69, 9.17) is 9.72 Å². The van der Waals surface area contributed by atoms with Crippen LogP contribution in [0.25, 0.3) is 11.0 Å². The average Bonchev–Trinajstić information content (AvgIpc) is 3.27. The number of likely N-dealkylation sites (tertiary alicyclic amines) is 1. The van der Waals surface area contributed by atoms with E-state index in [-0.39, 0.29) is 5.91 Å². The summed E-state index contributed by atoms with van der Waals surface area (Å²) in [6.45, 7) is 3.42. The number of ether oxygens (including phenoxy) is 1. The number of aromatic nitrogens is 2. The van der Waals surface area contributed by atoms with Crippen molar-refractivity contribution >= 4 is 28.9 Å². The van der Waals surface area contributed by atoms with Gasteiger partial charge < -0.3 is 24.2 Å². The van der Waals surface area contributed by atoms with Gasteiger partial charge in [-0.1, -0.05) is 0 Å². The van der Waals surface area contributed by atoms with E-state index in [1.54, 1.807) is 12.1 Å². The van der Waals surface area contributed by atoms with E-state index in [9.17, 15) is 14.7 Å². The number of aryl methyl sites for hydroxylation is 1. The molecule has 2 aliphatic rings. The summed E-state index contributed by atoms with van der Waals surface area (Å²) in [5.74, 6) is -0.322. The molecule has 1 unspecified atom stereocenters. The minimum Gasteiger partial charge on any atom is -0.480 e. The Morgan fingerprint density at radius 2 is 2.00 bits per heavy atom. The van der Waals surface area contributed by atoms with Gasteiger partial charge in [-0.2, -0.15) is 0 Å². The van der Waals surface area contributed by atoms with Crippen LogP contribution in [0.5, 0.6) is 0 Å². The molecule has 1 amide bonds. The summed E-state index contributed by atoms with van der Waals surface area (Å²) in [5, 5.41) is 9.31. The number of fused-ring (bicyclic) bond motifs is 1. The van der Waals surface area contributed by atoms with Gasteiger partial charge in [-0.3, -0.25) is 4.79 Å². The normalized spacial score (nSPS) is 20.7. The van der Waals surface area contributed by atoms with Crippen LogP contribution >= 0.6 is 0 Å².